The van der Waals surface area contributed by atoms with Gasteiger partial charge >= 0.3 is 0 Å². The van der Waals surface area contributed by atoms with Gasteiger partial charge in [0.2, 0.25) is 11.8 Å². The van der Waals surface area contributed by atoms with Gasteiger partial charge in [-0.15, -0.1) is 0 Å². The van der Waals surface area contributed by atoms with E-state index in [1.807, 2.05) is 31.3 Å². The number of piperidine rings is 1. The Balaban J connectivity index is 1.46. The molecular weight excluding hydrogens is 434 g/mol. The van der Waals surface area contributed by atoms with Gasteiger partial charge in [-0.25, -0.2) is 0 Å². The molecule has 3 aromatic rings. The Labute approximate surface area is 195 Å². The molecule has 172 valence electrons. The Morgan fingerprint density at radius 3 is 2.50 bits per heavy atom. The van der Waals surface area contributed by atoms with Crippen LogP contribution in [-0.2, 0) is 23.2 Å². The van der Waals surface area contributed by atoms with Crippen molar-refractivity contribution in [1.29, 1.82) is 0 Å². The highest BCUT2D eigenvalue weighted by Gasteiger charge is 2.39. The molecule has 4 amide bonds. The minimum atomic E-state index is -0.645. The molecule has 2 aliphatic rings. The molecule has 9 heteroatoms. The van der Waals surface area contributed by atoms with Crippen molar-refractivity contribution in [2.75, 3.05) is 7.05 Å². The Morgan fingerprint density at radius 1 is 1.06 bits per heavy atom. The number of aryl methyl sites for hydroxylation is 1. The predicted molar refractivity (Wildman–Crippen MR) is 124 cm³/mol. The number of fused-ring (bicyclic) bond motifs is 1. The van der Waals surface area contributed by atoms with Crippen molar-refractivity contribution in [1.82, 2.24) is 25.3 Å². The zero-order valence-corrected chi connectivity index (χ0v) is 18.8. The lowest BCUT2D eigenvalue weighted by Crippen LogP contribution is -2.52. The predicted octanol–water partition coefficient (Wildman–Crippen LogP) is 1.87. The smallest absolute Gasteiger partial charge is 0.255 e. The highest BCUT2D eigenvalue weighted by molar-refractivity contribution is 6.05. The van der Waals surface area contributed by atoms with Gasteiger partial charge < -0.3 is 10.2 Å². The van der Waals surface area contributed by atoms with Crippen LogP contribution in [-0.4, -0.2) is 51.4 Å². The van der Waals surface area contributed by atoms with E-state index in [2.05, 4.69) is 15.7 Å². The number of carbonyl (C=O) groups excluding carboxylic acids is 4. The van der Waals surface area contributed by atoms with Crippen molar-refractivity contribution in [3.8, 4) is 22.4 Å². The Kier molecular flexibility index (Phi) is 5.24. The number of imide groups is 1. The van der Waals surface area contributed by atoms with E-state index in [9.17, 15) is 19.2 Å². The molecule has 2 N–H and O–H groups in total. The summed E-state index contributed by atoms with van der Waals surface area (Å²) in [5, 5.41) is 9.37. The molecule has 1 fully saturated rings. The first-order valence-electron chi connectivity index (χ1n) is 11.0. The van der Waals surface area contributed by atoms with E-state index < -0.39 is 11.9 Å². The molecule has 3 heterocycles. The zero-order valence-electron chi connectivity index (χ0n) is 18.8. The third kappa shape index (κ3) is 3.55. The van der Waals surface area contributed by atoms with Gasteiger partial charge in [0.1, 0.15) is 6.04 Å². The second-order valence-electron chi connectivity index (χ2n) is 8.46. The molecule has 1 unspecified atom stereocenters. The molecule has 34 heavy (non-hydrogen) atoms. The molecule has 1 aromatic heterocycles. The second kappa shape index (κ2) is 8.26. The minimum absolute atomic E-state index is 0.152. The van der Waals surface area contributed by atoms with Crippen LogP contribution in [0.4, 0.5) is 0 Å². The molecule has 2 aliphatic heterocycles. The summed E-state index contributed by atoms with van der Waals surface area (Å²) in [6.45, 7) is 0.310. The second-order valence-corrected chi connectivity index (χ2v) is 8.46. The van der Waals surface area contributed by atoms with Gasteiger partial charge in [-0.3, -0.25) is 29.2 Å². The molecule has 0 radical (unpaired) electrons. The average molecular weight is 457 g/mol. The first-order valence-corrected chi connectivity index (χ1v) is 11.0. The van der Waals surface area contributed by atoms with E-state index in [0.29, 0.717) is 24.1 Å². The fraction of sp³-hybridized carbons (Fsp3) is 0.240. The maximum Gasteiger partial charge on any atom is 0.255 e. The zero-order chi connectivity index (χ0) is 24.0. The topological polar surface area (TPSA) is 113 Å². The molecule has 2 aromatic carbocycles. The summed E-state index contributed by atoms with van der Waals surface area (Å²) in [6, 6.07) is 12.3. The summed E-state index contributed by atoms with van der Waals surface area (Å²) in [5.74, 6) is -1.08. The SMILES string of the molecule is CNC(=O)c1ccc(-c2c(-c3ccc4c(c3)CN(C3CCC(=O)NC3=O)C4=O)cnn2C)cc1. The molecule has 0 saturated carbocycles. The van der Waals surface area contributed by atoms with Crippen LogP contribution in [0, 0.1) is 0 Å². The van der Waals surface area contributed by atoms with E-state index in [1.54, 1.807) is 36.1 Å². The maximum atomic E-state index is 13.0. The van der Waals surface area contributed by atoms with Crippen LogP contribution < -0.4 is 10.6 Å². The molecule has 1 atom stereocenters. The van der Waals surface area contributed by atoms with Crippen LogP contribution in [0.3, 0.4) is 0 Å². The monoisotopic (exact) mass is 457 g/mol. The number of nitrogens with zero attached hydrogens (tertiary/aromatic N) is 3. The summed E-state index contributed by atoms with van der Waals surface area (Å²) >= 11 is 0. The van der Waals surface area contributed by atoms with Crippen LogP contribution in [0.15, 0.2) is 48.7 Å². The van der Waals surface area contributed by atoms with Crippen LogP contribution >= 0.6 is 0 Å². The van der Waals surface area contributed by atoms with Crippen LogP contribution in [0.1, 0.15) is 39.1 Å². The third-order valence-corrected chi connectivity index (χ3v) is 6.42. The molecule has 0 aliphatic carbocycles. The van der Waals surface area contributed by atoms with Crippen molar-refractivity contribution in [2.24, 2.45) is 7.05 Å². The number of nitrogens with one attached hydrogen (secondary N) is 2. The lowest BCUT2D eigenvalue weighted by molar-refractivity contribution is -0.136. The van der Waals surface area contributed by atoms with Crippen molar-refractivity contribution in [3.05, 3.63) is 65.4 Å². The van der Waals surface area contributed by atoms with E-state index in [4.69, 9.17) is 0 Å². The summed E-state index contributed by atoms with van der Waals surface area (Å²) < 4.78 is 1.78. The van der Waals surface area contributed by atoms with Gasteiger partial charge in [0, 0.05) is 49.3 Å². The van der Waals surface area contributed by atoms with Gasteiger partial charge in [0.25, 0.3) is 11.8 Å². The molecule has 0 bridgehead atoms. The summed E-state index contributed by atoms with van der Waals surface area (Å²) in [4.78, 5) is 50.2. The molecule has 1 saturated heterocycles. The van der Waals surface area contributed by atoms with Crippen LogP contribution in [0.2, 0.25) is 0 Å². The first kappa shape index (κ1) is 21.6. The van der Waals surface area contributed by atoms with Gasteiger partial charge in [-0.2, -0.15) is 5.10 Å². The Bertz CT molecular complexity index is 1340. The number of rotatable bonds is 4. The van der Waals surface area contributed by atoms with E-state index in [1.165, 1.54) is 4.90 Å². The number of amides is 4. The third-order valence-electron chi connectivity index (χ3n) is 6.42. The van der Waals surface area contributed by atoms with E-state index in [-0.39, 0.29) is 24.1 Å². The Hall–Kier alpha value is -4.27. The number of hydrogen-bond donors (Lipinski definition) is 2. The van der Waals surface area contributed by atoms with Crippen LogP contribution in [0.5, 0.6) is 0 Å². The molecule has 9 nitrogen and oxygen atoms in total. The summed E-state index contributed by atoms with van der Waals surface area (Å²) in [5.41, 5.74) is 5.55. The number of carbonyl (C=O) groups is 4. The minimum Gasteiger partial charge on any atom is -0.355 e. The number of benzene rings is 2. The highest BCUT2D eigenvalue weighted by atomic mass is 16.2. The fourth-order valence-electron chi connectivity index (χ4n) is 4.66. The average Bonchev–Trinajstić information content (AvgIpc) is 3.38. The van der Waals surface area contributed by atoms with Crippen LogP contribution in [0.25, 0.3) is 22.4 Å². The number of hydrogen-bond acceptors (Lipinski definition) is 5. The van der Waals surface area contributed by atoms with Gasteiger partial charge in [0.05, 0.1) is 11.9 Å². The number of aromatic nitrogens is 2. The first-order chi connectivity index (χ1) is 16.4. The van der Waals surface area contributed by atoms with Gasteiger partial charge in [-0.1, -0.05) is 18.2 Å². The molecule has 0 spiro atoms. The lowest BCUT2D eigenvalue weighted by Gasteiger charge is -2.29. The summed E-state index contributed by atoms with van der Waals surface area (Å²) in [6.07, 6.45) is 2.33. The molecule has 5 rings (SSSR count). The highest BCUT2D eigenvalue weighted by Crippen LogP contribution is 2.35. The molecular formula is C25H23N5O4. The quantitative estimate of drug-likeness (QED) is 0.581. The Morgan fingerprint density at radius 2 is 1.79 bits per heavy atom. The van der Waals surface area contributed by atoms with E-state index in [0.717, 1.165) is 27.9 Å². The van der Waals surface area contributed by atoms with Gasteiger partial charge in [-0.05, 0) is 41.8 Å². The lowest BCUT2D eigenvalue weighted by atomic mass is 9.97. The summed E-state index contributed by atoms with van der Waals surface area (Å²) in [7, 11) is 3.45. The van der Waals surface area contributed by atoms with Crippen molar-refractivity contribution >= 4 is 23.6 Å². The van der Waals surface area contributed by atoms with Crippen molar-refractivity contribution < 1.29 is 19.2 Å². The van der Waals surface area contributed by atoms with E-state index >= 15 is 0 Å². The maximum absolute atomic E-state index is 13.0. The normalized spacial score (nSPS) is 17.5. The standard InChI is InChI=1S/C25H23N5O4/c1-26-23(32)15-5-3-14(4-6-15)22-19(12-27-29(22)2)16-7-8-18-17(11-16)13-30(25(18)34)20-9-10-21(31)28-24(20)33/h3-8,11-12,20H,9-10,13H2,1-2H3,(H,26,32)(H,28,31,33). The fourth-order valence-corrected chi connectivity index (χ4v) is 4.66. The largest absolute Gasteiger partial charge is 0.355 e. The van der Waals surface area contributed by atoms with Crippen molar-refractivity contribution in [3.63, 3.8) is 0 Å². The van der Waals surface area contributed by atoms with Crippen molar-refractivity contribution in [2.45, 2.75) is 25.4 Å². The van der Waals surface area contributed by atoms with Gasteiger partial charge in [0.15, 0.2) is 0 Å².